The van der Waals surface area contributed by atoms with Crippen LogP contribution in [0.3, 0.4) is 0 Å². The van der Waals surface area contributed by atoms with E-state index in [2.05, 4.69) is 4.72 Å². The van der Waals surface area contributed by atoms with Gasteiger partial charge < -0.3 is 5.11 Å². The smallest absolute Gasteiger partial charge is 0.336 e. The lowest BCUT2D eigenvalue weighted by Crippen LogP contribution is -2.59. The molecule has 4 unspecified atom stereocenters. The predicted octanol–water partition coefficient (Wildman–Crippen LogP) is 0.899. The summed E-state index contributed by atoms with van der Waals surface area (Å²) in [6.45, 7) is 9.50. The van der Waals surface area contributed by atoms with Gasteiger partial charge in [-0.2, -0.15) is 13.1 Å². The highest BCUT2D eigenvalue weighted by Crippen LogP contribution is 2.33. The largest absolute Gasteiger partial charge is 0.391 e. The third kappa shape index (κ3) is 2.99. The van der Waals surface area contributed by atoms with E-state index in [0.717, 1.165) is 0 Å². The Morgan fingerprint density at radius 2 is 1.94 bits per heavy atom. The molecule has 0 bridgehead atoms. The van der Waals surface area contributed by atoms with E-state index in [-0.39, 0.29) is 24.4 Å². The SMILES string of the molecule is CC(C)C(C)C1(C)NS(=O)(=O)OCC(C)C1O. The van der Waals surface area contributed by atoms with Crippen molar-refractivity contribution in [1.29, 1.82) is 0 Å². The van der Waals surface area contributed by atoms with Crippen molar-refractivity contribution >= 4 is 10.3 Å². The molecule has 0 radical (unpaired) electrons. The van der Waals surface area contributed by atoms with E-state index < -0.39 is 21.9 Å². The minimum Gasteiger partial charge on any atom is -0.391 e. The maximum atomic E-state index is 11.7. The van der Waals surface area contributed by atoms with Crippen LogP contribution in [-0.4, -0.2) is 31.8 Å². The molecule has 0 aromatic rings. The Labute approximate surface area is 104 Å². The molecule has 2 N–H and O–H groups in total. The molecule has 4 atom stereocenters. The fourth-order valence-corrected chi connectivity index (χ4v) is 3.59. The van der Waals surface area contributed by atoms with Crippen molar-refractivity contribution < 1.29 is 17.7 Å². The maximum Gasteiger partial charge on any atom is 0.336 e. The first-order valence-electron chi connectivity index (χ1n) is 5.96. The highest BCUT2D eigenvalue weighted by molar-refractivity contribution is 7.84. The van der Waals surface area contributed by atoms with Gasteiger partial charge in [0.25, 0.3) is 0 Å². The third-order valence-electron chi connectivity index (χ3n) is 3.93. The van der Waals surface area contributed by atoms with Crippen molar-refractivity contribution in [2.75, 3.05) is 6.61 Å². The Balaban J connectivity index is 3.15. The number of rotatable bonds is 2. The van der Waals surface area contributed by atoms with E-state index in [0.29, 0.717) is 0 Å². The highest BCUT2D eigenvalue weighted by Gasteiger charge is 2.47. The molecule has 17 heavy (non-hydrogen) atoms. The molecule has 0 amide bonds. The summed E-state index contributed by atoms with van der Waals surface area (Å²) >= 11 is 0. The molecular formula is C11H23NO4S. The first kappa shape index (κ1) is 14.9. The summed E-state index contributed by atoms with van der Waals surface area (Å²) < 4.78 is 30.6. The van der Waals surface area contributed by atoms with Gasteiger partial charge >= 0.3 is 10.3 Å². The van der Waals surface area contributed by atoms with Crippen LogP contribution >= 0.6 is 0 Å². The lowest BCUT2D eigenvalue weighted by Gasteiger charge is -2.41. The molecule has 0 saturated carbocycles. The van der Waals surface area contributed by atoms with Gasteiger partial charge in [0, 0.05) is 5.92 Å². The third-order valence-corrected chi connectivity index (χ3v) is 5.07. The number of aliphatic hydroxyl groups is 1. The van der Waals surface area contributed by atoms with Crippen LogP contribution in [-0.2, 0) is 14.5 Å². The molecule has 1 rings (SSSR count). The lowest BCUT2D eigenvalue weighted by atomic mass is 9.73. The molecule has 6 heteroatoms. The van der Waals surface area contributed by atoms with Gasteiger partial charge in [0.2, 0.25) is 0 Å². The Hall–Kier alpha value is -0.170. The zero-order valence-corrected chi connectivity index (χ0v) is 11.9. The summed E-state index contributed by atoms with van der Waals surface area (Å²) in [5.41, 5.74) is -0.900. The summed E-state index contributed by atoms with van der Waals surface area (Å²) in [5.74, 6) is 0.0186. The van der Waals surface area contributed by atoms with Crippen LogP contribution in [0.2, 0.25) is 0 Å². The zero-order valence-electron chi connectivity index (χ0n) is 11.1. The predicted molar refractivity (Wildman–Crippen MR) is 65.6 cm³/mol. The van der Waals surface area contributed by atoms with E-state index in [9.17, 15) is 13.5 Å². The second-order valence-electron chi connectivity index (χ2n) is 5.58. The first-order valence-corrected chi connectivity index (χ1v) is 7.37. The molecule has 0 aromatic heterocycles. The van der Waals surface area contributed by atoms with Crippen LogP contribution in [0.4, 0.5) is 0 Å². The van der Waals surface area contributed by atoms with Gasteiger partial charge in [0.05, 0.1) is 18.2 Å². The van der Waals surface area contributed by atoms with E-state index in [1.807, 2.05) is 20.8 Å². The average Bonchev–Trinajstić information content (AvgIpc) is 2.29. The standard InChI is InChI=1S/C11H23NO4S/c1-7(2)9(4)11(5)10(13)8(3)6-16-17(14,15)12-11/h7-10,12-13H,6H2,1-5H3. The van der Waals surface area contributed by atoms with Crippen molar-refractivity contribution in [3.63, 3.8) is 0 Å². The van der Waals surface area contributed by atoms with Crippen LogP contribution in [0.5, 0.6) is 0 Å². The molecule has 1 aliphatic heterocycles. The molecule has 0 aliphatic carbocycles. The Morgan fingerprint density at radius 3 is 2.41 bits per heavy atom. The molecule has 0 aromatic carbocycles. The van der Waals surface area contributed by atoms with Crippen molar-refractivity contribution in [3.8, 4) is 0 Å². The van der Waals surface area contributed by atoms with Crippen LogP contribution < -0.4 is 4.72 Å². The van der Waals surface area contributed by atoms with E-state index in [1.54, 1.807) is 13.8 Å². The lowest BCUT2D eigenvalue weighted by molar-refractivity contribution is -0.00149. The topological polar surface area (TPSA) is 75.6 Å². The number of hydrogen-bond donors (Lipinski definition) is 2. The van der Waals surface area contributed by atoms with E-state index in [1.165, 1.54) is 0 Å². The average molecular weight is 265 g/mol. The molecule has 5 nitrogen and oxygen atoms in total. The van der Waals surface area contributed by atoms with Gasteiger partial charge in [-0.3, -0.25) is 4.18 Å². The number of nitrogens with one attached hydrogen (secondary N) is 1. The van der Waals surface area contributed by atoms with Crippen molar-refractivity contribution in [3.05, 3.63) is 0 Å². The number of aliphatic hydroxyl groups excluding tert-OH is 1. The highest BCUT2D eigenvalue weighted by atomic mass is 32.2. The van der Waals surface area contributed by atoms with E-state index in [4.69, 9.17) is 4.18 Å². The molecule has 102 valence electrons. The normalized spacial score (nSPS) is 39.9. The summed E-state index contributed by atoms with van der Waals surface area (Å²) in [7, 11) is -3.78. The van der Waals surface area contributed by atoms with Crippen LogP contribution in [0, 0.1) is 17.8 Å². The Bertz CT molecular complexity index is 368. The molecule has 1 aliphatic rings. The van der Waals surface area contributed by atoms with Gasteiger partial charge in [-0.05, 0) is 18.8 Å². The van der Waals surface area contributed by atoms with Crippen LogP contribution in [0.1, 0.15) is 34.6 Å². The first-order chi connectivity index (χ1) is 7.60. The number of hydrogen-bond acceptors (Lipinski definition) is 4. The van der Waals surface area contributed by atoms with Crippen LogP contribution in [0.15, 0.2) is 0 Å². The Morgan fingerprint density at radius 1 is 1.41 bits per heavy atom. The Kier molecular flexibility index (Phi) is 4.24. The van der Waals surface area contributed by atoms with Crippen LogP contribution in [0.25, 0.3) is 0 Å². The fraction of sp³-hybridized carbons (Fsp3) is 1.00. The summed E-state index contributed by atoms with van der Waals surface area (Å²) in [6, 6.07) is 0. The summed E-state index contributed by atoms with van der Waals surface area (Å²) in [5, 5.41) is 10.3. The minimum absolute atomic E-state index is 0.00331. The molecule has 0 spiro atoms. The van der Waals surface area contributed by atoms with Gasteiger partial charge in [-0.25, -0.2) is 0 Å². The van der Waals surface area contributed by atoms with Gasteiger partial charge in [-0.15, -0.1) is 0 Å². The van der Waals surface area contributed by atoms with Crippen molar-refractivity contribution in [2.45, 2.75) is 46.3 Å². The van der Waals surface area contributed by atoms with Crippen molar-refractivity contribution in [1.82, 2.24) is 4.72 Å². The molecule has 1 saturated heterocycles. The molecule has 1 fully saturated rings. The molecular weight excluding hydrogens is 242 g/mol. The summed E-state index contributed by atoms with van der Waals surface area (Å²) in [4.78, 5) is 0. The summed E-state index contributed by atoms with van der Waals surface area (Å²) in [6.07, 6.45) is -0.767. The zero-order chi connectivity index (χ0) is 13.4. The van der Waals surface area contributed by atoms with Crippen molar-refractivity contribution in [2.24, 2.45) is 17.8 Å². The molecule has 1 heterocycles. The van der Waals surface area contributed by atoms with Gasteiger partial charge in [-0.1, -0.05) is 27.7 Å². The van der Waals surface area contributed by atoms with Gasteiger partial charge in [0.15, 0.2) is 0 Å². The monoisotopic (exact) mass is 265 g/mol. The van der Waals surface area contributed by atoms with Gasteiger partial charge in [0.1, 0.15) is 0 Å². The quantitative estimate of drug-likeness (QED) is 0.778. The second-order valence-corrected chi connectivity index (χ2v) is 6.93. The fourth-order valence-electron chi connectivity index (χ4n) is 2.29. The maximum absolute atomic E-state index is 11.7. The van der Waals surface area contributed by atoms with E-state index >= 15 is 0 Å². The second kappa shape index (κ2) is 4.84. The minimum atomic E-state index is -3.78.